The molecule has 170 valence electrons. The predicted octanol–water partition coefficient (Wildman–Crippen LogP) is 1.30. The molecule has 5 aliphatic rings. The van der Waals surface area contributed by atoms with Gasteiger partial charge in [-0.2, -0.15) is 0 Å². The van der Waals surface area contributed by atoms with Crippen molar-refractivity contribution in [1.82, 2.24) is 0 Å². The van der Waals surface area contributed by atoms with Crippen LogP contribution in [0.4, 0.5) is 0 Å². The first-order chi connectivity index (χ1) is 14.4. The smallest absolute Gasteiger partial charge is 0.193 e. The van der Waals surface area contributed by atoms with Crippen molar-refractivity contribution in [2.75, 3.05) is 6.61 Å². The van der Waals surface area contributed by atoms with Crippen LogP contribution >= 0.6 is 0 Å². The zero-order valence-electron chi connectivity index (χ0n) is 18.5. The lowest BCUT2D eigenvalue weighted by atomic mass is 9.45. The molecule has 31 heavy (non-hydrogen) atoms. The van der Waals surface area contributed by atoms with Crippen LogP contribution in [0.5, 0.6) is 0 Å². The standard InChI is InChI=1S/C24H32O7/c1-21(2)30-19-9-14-13-8-16(27)15-7-12(26)5-6-22(15,3)20(13)17(28)10-23(14,4)24(19,31-21)18(29)11-25/h5-7,13-14,16-17,19-20,25,27-28H,8-11H2,1-4H3/t13-,14-,16+,17-,19+,20+,22-,23-,24+/m0/s1. The van der Waals surface area contributed by atoms with Crippen molar-refractivity contribution < 1.29 is 34.4 Å². The van der Waals surface area contributed by atoms with Gasteiger partial charge in [-0.25, -0.2) is 0 Å². The van der Waals surface area contributed by atoms with Crippen LogP contribution in [0.1, 0.15) is 47.0 Å². The van der Waals surface area contributed by atoms with Gasteiger partial charge >= 0.3 is 0 Å². The topological polar surface area (TPSA) is 113 Å². The molecule has 0 aromatic rings. The van der Waals surface area contributed by atoms with E-state index in [-0.39, 0.29) is 23.5 Å². The molecule has 0 aromatic heterocycles. The average Bonchev–Trinajstić information content (AvgIpc) is 3.08. The van der Waals surface area contributed by atoms with Gasteiger partial charge in [0.2, 0.25) is 0 Å². The highest BCUT2D eigenvalue weighted by molar-refractivity contribution is 6.01. The summed E-state index contributed by atoms with van der Waals surface area (Å²) in [5.41, 5.74) is -2.06. The van der Waals surface area contributed by atoms with Crippen LogP contribution in [0.3, 0.4) is 0 Å². The van der Waals surface area contributed by atoms with Gasteiger partial charge in [-0.3, -0.25) is 9.59 Å². The Kier molecular flexibility index (Phi) is 4.40. The number of Topliss-reactive ketones (excluding diaryl/α,β-unsaturated/α-hetero) is 1. The highest BCUT2D eigenvalue weighted by atomic mass is 16.8. The fourth-order valence-corrected chi connectivity index (χ4v) is 8.09. The van der Waals surface area contributed by atoms with E-state index in [1.807, 2.05) is 19.9 Å². The SMILES string of the molecule is CC1(C)O[C@@H]2C[C@H]3[C@@H]4C[C@@H](O)C5=CC(=O)C=C[C@]5(C)[C@H]4[C@@H](O)C[C@]3(C)[C@]2(C(=O)CO)O1. The lowest BCUT2D eigenvalue weighted by molar-refractivity contribution is -0.227. The van der Waals surface area contributed by atoms with Crippen LogP contribution in [-0.2, 0) is 19.1 Å². The molecule has 4 fully saturated rings. The van der Waals surface area contributed by atoms with Crippen LogP contribution in [0, 0.1) is 28.6 Å². The molecule has 3 saturated carbocycles. The van der Waals surface area contributed by atoms with E-state index in [0.717, 1.165) is 0 Å². The second-order valence-electron chi connectivity index (χ2n) is 11.0. The number of fused-ring (bicyclic) bond motifs is 7. The highest BCUT2D eigenvalue weighted by Crippen LogP contribution is 2.70. The summed E-state index contributed by atoms with van der Waals surface area (Å²) in [6.07, 6.45) is 4.07. The van der Waals surface area contributed by atoms with E-state index in [2.05, 4.69) is 0 Å². The number of carbonyl (C=O) groups is 2. The maximum absolute atomic E-state index is 13.2. The fourth-order valence-electron chi connectivity index (χ4n) is 8.09. The normalized spacial score (nSPS) is 52.1. The molecule has 0 unspecified atom stereocenters. The summed E-state index contributed by atoms with van der Waals surface area (Å²) >= 11 is 0. The van der Waals surface area contributed by atoms with Crippen LogP contribution < -0.4 is 0 Å². The molecule has 1 aliphatic heterocycles. The Bertz CT molecular complexity index is 906. The van der Waals surface area contributed by atoms with Gasteiger partial charge < -0.3 is 24.8 Å². The van der Waals surface area contributed by atoms with E-state index in [1.54, 1.807) is 13.8 Å². The number of aliphatic hydroxyl groups is 3. The average molecular weight is 433 g/mol. The minimum absolute atomic E-state index is 0.0449. The highest BCUT2D eigenvalue weighted by Gasteiger charge is 2.77. The molecule has 0 amide bonds. The Labute approximate surface area is 182 Å². The summed E-state index contributed by atoms with van der Waals surface area (Å²) in [4.78, 5) is 25.2. The van der Waals surface area contributed by atoms with Gasteiger partial charge in [-0.05, 0) is 62.7 Å². The van der Waals surface area contributed by atoms with Gasteiger partial charge in [0.25, 0.3) is 0 Å². The van der Waals surface area contributed by atoms with Crippen LogP contribution in [0.15, 0.2) is 23.8 Å². The zero-order chi connectivity index (χ0) is 22.6. The van der Waals surface area contributed by atoms with Crippen molar-refractivity contribution in [2.45, 2.75) is 76.7 Å². The number of ketones is 2. The first-order valence-electron chi connectivity index (χ1n) is 11.2. The first-order valence-corrected chi connectivity index (χ1v) is 11.2. The molecule has 3 N–H and O–H groups in total. The second-order valence-corrected chi connectivity index (χ2v) is 11.0. The van der Waals surface area contributed by atoms with Crippen LogP contribution in [0.2, 0.25) is 0 Å². The molecular weight excluding hydrogens is 400 g/mol. The number of hydrogen-bond acceptors (Lipinski definition) is 7. The van der Waals surface area contributed by atoms with Crippen molar-refractivity contribution in [3.8, 4) is 0 Å². The van der Waals surface area contributed by atoms with E-state index in [4.69, 9.17) is 9.47 Å². The molecular formula is C24H32O7. The van der Waals surface area contributed by atoms with Gasteiger partial charge in [0, 0.05) is 16.7 Å². The fraction of sp³-hybridized carbons (Fsp3) is 0.750. The maximum Gasteiger partial charge on any atom is 0.193 e. The number of aliphatic hydroxyl groups excluding tert-OH is 3. The lowest BCUT2D eigenvalue weighted by Gasteiger charge is -2.60. The van der Waals surface area contributed by atoms with Gasteiger partial charge in [0.15, 0.2) is 23.0 Å². The van der Waals surface area contributed by atoms with Crippen molar-refractivity contribution in [1.29, 1.82) is 0 Å². The minimum atomic E-state index is -1.33. The van der Waals surface area contributed by atoms with Gasteiger partial charge in [0.05, 0.1) is 18.3 Å². The van der Waals surface area contributed by atoms with Crippen molar-refractivity contribution in [3.63, 3.8) is 0 Å². The Balaban J connectivity index is 1.62. The number of ether oxygens (including phenoxy) is 2. The molecule has 4 aliphatic carbocycles. The number of hydrogen-bond donors (Lipinski definition) is 3. The molecule has 9 atom stereocenters. The molecule has 7 heteroatoms. The zero-order valence-corrected chi connectivity index (χ0v) is 18.5. The second kappa shape index (κ2) is 6.35. The Morgan fingerprint density at radius 1 is 1.19 bits per heavy atom. The Hall–Kier alpha value is -1.38. The van der Waals surface area contributed by atoms with E-state index in [9.17, 15) is 24.9 Å². The number of rotatable bonds is 2. The van der Waals surface area contributed by atoms with Gasteiger partial charge in [0.1, 0.15) is 6.61 Å². The maximum atomic E-state index is 13.2. The molecule has 5 rings (SSSR count). The number of allylic oxidation sites excluding steroid dienone is 3. The third-order valence-corrected chi connectivity index (χ3v) is 9.07. The van der Waals surface area contributed by atoms with Crippen LogP contribution in [-0.4, -0.2) is 63.2 Å². The molecule has 0 bridgehead atoms. The monoisotopic (exact) mass is 432 g/mol. The van der Waals surface area contributed by atoms with E-state index >= 15 is 0 Å². The van der Waals surface area contributed by atoms with E-state index in [0.29, 0.717) is 24.8 Å². The summed E-state index contributed by atoms with van der Waals surface area (Å²) in [6, 6.07) is 0. The minimum Gasteiger partial charge on any atom is -0.393 e. The van der Waals surface area contributed by atoms with Crippen molar-refractivity contribution in [3.05, 3.63) is 23.8 Å². The Morgan fingerprint density at radius 3 is 2.58 bits per heavy atom. The molecule has 0 spiro atoms. The summed E-state index contributed by atoms with van der Waals surface area (Å²) < 4.78 is 12.5. The summed E-state index contributed by atoms with van der Waals surface area (Å²) in [6.45, 7) is 6.83. The predicted molar refractivity (Wildman–Crippen MR) is 110 cm³/mol. The third-order valence-electron chi connectivity index (χ3n) is 9.07. The number of carbonyl (C=O) groups excluding carboxylic acids is 2. The Morgan fingerprint density at radius 2 is 1.90 bits per heavy atom. The summed E-state index contributed by atoms with van der Waals surface area (Å²) in [5.74, 6) is -1.86. The first kappa shape index (κ1) is 21.5. The van der Waals surface area contributed by atoms with Crippen molar-refractivity contribution >= 4 is 11.6 Å². The largest absolute Gasteiger partial charge is 0.393 e. The molecule has 0 aromatic carbocycles. The van der Waals surface area contributed by atoms with Crippen LogP contribution in [0.25, 0.3) is 0 Å². The summed E-state index contributed by atoms with van der Waals surface area (Å²) in [5, 5.41) is 32.3. The lowest BCUT2D eigenvalue weighted by Crippen LogP contribution is -2.64. The van der Waals surface area contributed by atoms with Crippen molar-refractivity contribution in [2.24, 2.45) is 28.6 Å². The molecule has 7 nitrogen and oxygen atoms in total. The molecule has 1 saturated heterocycles. The van der Waals surface area contributed by atoms with Gasteiger partial charge in [-0.1, -0.05) is 19.9 Å². The van der Waals surface area contributed by atoms with Gasteiger partial charge in [-0.15, -0.1) is 0 Å². The molecule has 0 radical (unpaired) electrons. The third kappa shape index (κ3) is 2.53. The quantitative estimate of drug-likeness (QED) is 0.603. The molecule has 1 heterocycles. The van der Waals surface area contributed by atoms with E-state index in [1.165, 1.54) is 12.2 Å². The van der Waals surface area contributed by atoms with E-state index < -0.39 is 52.9 Å². The summed E-state index contributed by atoms with van der Waals surface area (Å²) in [7, 11) is 0.